The number of aromatic nitrogens is 4. The number of nitrogens with two attached hydrogens (primary N) is 1. The van der Waals surface area contributed by atoms with E-state index in [4.69, 9.17) is 15.2 Å². The molecule has 2 saturated heterocycles. The molecule has 1 spiro atoms. The summed E-state index contributed by atoms with van der Waals surface area (Å²) in [6.07, 6.45) is -1.08. The first-order valence-corrected chi connectivity index (χ1v) is 16.5. The minimum Gasteiger partial charge on any atom is -0.480 e. The Bertz CT molecular complexity index is 1940. The maximum Gasteiger partial charge on any atom is 0.429 e. The molecule has 0 saturated carbocycles. The van der Waals surface area contributed by atoms with Gasteiger partial charge in [-0.3, -0.25) is 4.79 Å². The third kappa shape index (κ3) is 8.14. The van der Waals surface area contributed by atoms with E-state index in [1.54, 1.807) is 68.6 Å². The van der Waals surface area contributed by atoms with Crippen molar-refractivity contribution in [3.05, 3.63) is 83.7 Å². The SMILES string of the molecule is CCOC(=O)C=Cc1cccc(-c2ccc(-n3ccc(C)n3)c([C@@H](Oc3cc(N4CCC5(CC4)CN[C@@H](C(=O)O)C5)nc(N)n3)C(F)(F)F)c2)c1. The molecule has 0 radical (unpaired) electrons. The monoisotopic (exact) mass is 705 g/mol. The third-order valence-corrected chi connectivity index (χ3v) is 9.25. The minimum absolute atomic E-state index is 0.154. The van der Waals surface area contributed by atoms with Gasteiger partial charge in [-0.2, -0.15) is 28.2 Å². The molecule has 0 amide bonds. The second-order valence-corrected chi connectivity index (χ2v) is 12.8. The molecule has 0 aliphatic carbocycles. The number of aliphatic carboxylic acids is 1. The highest BCUT2D eigenvalue weighted by Gasteiger charge is 2.46. The standard InChI is InChI=1S/C36H38F3N7O5/c1-3-50-31(47)10-7-23-5-4-6-24(17-23)25-8-9-28(46-14-11-22(2)44-46)26(18-25)32(36(37,38)39)51-30-19-29(42-34(40)43-30)45-15-12-35(13-16-45)20-27(33(48)49)41-21-35/h4-11,14,17-19,27,32,41H,3,12-13,15-16,20-21H2,1-2H3,(H,48,49)(H2,40,42,43)/t27-,32-/m1/s1. The number of nitrogens with zero attached hydrogens (tertiary/aromatic N) is 5. The fourth-order valence-electron chi connectivity index (χ4n) is 6.64. The maximum absolute atomic E-state index is 15.1. The van der Waals surface area contributed by atoms with Crippen molar-refractivity contribution >= 4 is 29.8 Å². The molecule has 6 rings (SSSR count). The summed E-state index contributed by atoms with van der Waals surface area (Å²) in [5.41, 5.74) is 8.12. The molecule has 0 unspecified atom stereocenters. The van der Waals surface area contributed by atoms with E-state index in [2.05, 4.69) is 20.4 Å². The quantitative estimate of drug-likeness (QED) is 0.141. The maximum atomic E-state index is 15.1. The van der Waals surface area contributed by atoms with E-state index in [9.17, 15) is 14.7 Å². The number of hydrogen-bond donors (Lipinski definition) is 3. The zero-order valence-electron chi connectivity index (χ0n) is 28.1. The number of carboxylic acids is 1. The molecule has 12 nitrogen and oxygen atoms in total. The molecular formula is C36H38F3N7O5. The number of nitrogens with one attached hydrogen (secondary N) is 1. The van der Waals surface area contributed by atoms with Crippen molar-refractivity contribution in [2.45, 2.75) is 51.4 Å². The van der Waals surface area contributed by atoms with Gasteiger partial charge >= 0.3 is 18.1 Å². The number of carboxylic acid groups (broad SMARTS) is 1. The number of piperidine rings is 1. The van der Waals surface area contributed by atoms with Crippen LogP contribution in [-0.2, 0) is 14.3 Å². The lowest BCUT2D eigenvalue weighted by molar-refractivity contribution is -0.198. The van der Waals surface area contributed by atoms with Gasteiger partial charge in [-0.05, 0) is 85.6 Å². The first kappa shape index (κ1) is 35.4. The smallest absolute Gasteiger partial charge is 0.429 e. The predicted molar refractivity (Wildman–Crippen MR) is 183 cm³/mol. The Balaban J connectivity index is 1.32. The molecule has 2 fully saturated rings. The predicted octanol–water partition coefficient (Wildman–Crippen LogP) is 5.51. The average molecular weight is 706 g/mol. The summed E-state index contributed by atoms with van der Waals surface area (Å²) < 4.78 is 57.3. The third-order valence-electron chi connectivity index (χ3n) is 9.25. The molecule has 51 heavy (non-hydrogen) atoms. The summed E-state index contributed by atoms with van der Waals surface area (Å²) >= 11 is 0. The number of ether oxygens (including phenoxy) is 2. The highest BCUT2D eigenvalue weighted by atomic mass is 19.4. The topological polar surface area (TPSA) is 158 Å². The van der Waals surface area contributed by atoms with E-state index < -0.39 is 30.3 Å². The molecule has 15 heteroatoms. The van der Waals surface area contributed by atoms with Gasteiger partial charge < -0.3 is 30.5 Å². The van der Waals surface area contributed by atoms with Gasteiger partial charge in [0.2, 0.25) is 17.9 Å². The number of halogens is 3. The van der Waals surface area contributed by atoms with E-state index >= 15 is 13.2 Å². The highest BCUT2D eigenvalue weighted by molar-refractivity contribution is 5.87. The highest BCUT2D eigenvalue weighted by Crippen LogP contribution is 2.43. The van der Waals surface area contributed by atoms with Gasteiger partial charge in [-0.1, -0.05) is 24.3 Å². The van der Waals surface area contributed by atoms with Crippen LogP contribution in [0.15, 0.2) is 66.9 Å². The number of rotatable bonds is 10. The molecule has 2 aromatic heterocycles. The number of esters is 1. The van der Waals surface area contributed by atoms with Crippen LogP contribution in [0.1, 0.15) is 49.1 Å². The van der Waals surface area contributed by atoms with Gasteiger partial charge in [0, 0.05) is 43.5 Å². The summed E-state index contributed by atoms with van der Waals surface area (Å²) in [7, 11) is 0. The first-order valence-electron chi connectivity index (χ1n) is 16.5. The Morgan fingerprint density at radius 2 is 1.88 bits per heavy atom. The van der Waals surface area contributed by atoms with Crippen molar-refractivity contribution in [2.75, 3.05) is 36.9 Å². The van der Waals surface area contributed by atoms with Gasteiger partial charge in [-0.15, -0.1) is 0 Å². The summed E-state index contributed by atoms with van der Waals surface area (Å²) in [5.74, 6) is -1.67. The van der Waals surface area contributed by atoms with E-state index in [1.807, 2.05) is 4.90 Å². The van der Waals surface area contributed by atoms with Crippen LogP contribution < -0.4 is 20.7 Å². The number of aryl methyl sites for hydroxylation is 1. The minimum atomic E-state index is -4.90. The number of anilines is 2. The number of alkyl halides is 3. The van der Waals surface area contributed by atoms with Crippen molar-refractivity contribution in [2.24, 2.45) is 5.41 Å². The Morgan fingerprint density at radius 3 is 2.55 bits per heavy atom. The van der Waals surface area contributed by atoms with Crippen molar-refractivity contribution in [1.29, 1.82) is 0 Å². The molecule has 4 aromatic rings. The number of benzene rings is 2. The Kier molecular flexibility index (Phi) is 10.0. The average Bonchev–Trinajstić information content (AvgIpc) is 3.72. The summed E-state index contributed by atoms with van der Waals surface area (Å²) in [5, 5.41) is 16.9. The lowest BCUT2D eigenvalue weighted by Gasteiger charge is -2.39. The van der Waals surface area contributed by atoms with E-state index in [-0.39, 0.29) is 35.1 Å². The zero-order valence-corrected chi connectivity index (χ0v) is 28.1. The molecule has 2 aliphatic heterocycles. The van der Waals surface area contributed by atoms with E-state index in [0.29, 0.717) is 67.1 Å². The molecule has 4 N–H and O–H groups in total. The van der Waals surface area contributed by atoms with Gasteiger partial charge in [0.15, 0.2) is 0 Å². The van der Waals surface area contributed by atoms with Crippen LogP contribution in [0.2, 0.25) is 0 Å². The molecule has 0 bridgehead atoms. The van der Waals surface area contributed by atoms with Crippen LogP contribution in [0, 0.1) is 12.3 Å². The van der Waals surface area contributed by atoms with Crippen LogP contribution in [0.25, 0.3) is 22.9 Å². The van der Waals surface area contributed by atoms with Gasteiger partial charge in [0.1, 0.15) is 11.9 Å². The van der Waals surface area contributed by atoms with Crippen LogP contribution >= 0.6 is 0 Å². The largest absolute Gasteiger partial charge is 0.480 e. The van der Waals surface area contributed by atoms with Crippen LogP contribution in [0.4, 0.5) is 24.9 Å². The number of nitrogen functional groups attached to an aromatic ring is 1. The second kappa shape index (κ2) is 14.4. The summed E-state index contributed by atoms with van der Waals surface area (Å²) in [4.78, 5) is 33.6. The Labute approximate surface area is 292 Å². The number of carbonyl (C=O) groups is 2. The Morgan fingerprint density at radius 1 is 1.12 bits per heavy atom. The second-order valence-electron chi connectivity index (χ2n) is 12.8. The summed E-state index contributed by atoms with van der Waals surface area (Å²) in [6, 6.07) is 14.1. The number of carbonyl (C=O) groups excluding carboxylic acids is 1. The molecular weight excluding hydrogens is 667 g/mol. The van der Waals surface area contributed by atoms with Crippen LogP contribution in [0.3, 0.4) is 0 Å². The lowest BCUT2D eigenvalue weighted by Crippen LogP contribution is -2.41. The fraction of sp³-hybridized carbons (Fsp3) is 0.361. The zero-order chi connectivity index (χ0) is 36.3. The molecule has 2 aromatic carbocycles. The molecule has 2 aliphatic rings. The van der Waals surface area contributed by atoms with Crippen molar-refractivity contribution in [3.8, 4) is 22.7 Å². The van der Waals surface area contributed by atoms with Crippen molar-refractivity contribution < 1.29 is 37.3 Å². The normalized spacial score (nSPS) is 17.9. The van der Waals surface area contributed by atoms with Crippen LogP contribution in [-0.4, -0.2) is 75.3 Å². The summed E-state index contributed by atoms with van der Waals surface area (Å²) in [6.45, 7) is 5.26. The fourth-order valence-corrected chi connectivity index (χ4v) is 6.64. The van der Waals surface area contributed by atoms with Gasteiger partial charge in [0.05, 0.1) is 18.0 Å². The van der Waals surface area contributed by atoms with Crippen molar-refractivity contribution in [3.63, 3.8) is 0 Å². The Hall–Kier alpha value is -5.44. The van der Waals surface area contributed by atoms with Crippen LogP contribution in [0.5, 0.6) is 5.88 Å². The number of hydrogen-bond acceptors (Lipinski definition) is 10. The van der Waals surface area contributed by atoms with Gasteiger partial charge in [-0.25, -0.2) is 9.48 Å². The first-order chi connectivity index (χ1) is 24.3. The molecule has 4 heterocycles. The molecule has 268 valence electrons. The van der Waals surface area contributed by atoms with Gasteiger partial charge in [0.25, 0.3) is 0 Å². The van der Waals surface area contributed by atoms with Crippen molar-refractivity contribution in [1.82, 2.24) is 25.1 Å². The van der Waals surface area contributed by atoms with E-state index in [1.165, 1.54) is 22.9 Å². The lowest BCUT2D eigenvalue weighted by atomic mass is 9.76. The van der Waals surface area contributed by atoms with E-state index in [0.717, 1.165) is 0 Å². The molecule has 2 atom stereocenters.